The highest BCUT2D eigenvalue weighted by atomic mass is 16.1. The Morgan fingerprint density at radius 1 is 0.326 bits per heavy atom. The molecule has 0 unspecified atom stereocenters. The van der Waals surface area contributed by atoms with E-state index in [1.807, 2.05) is 0 Å². The van der Waals surface area contributed by atoms with Crippen LogP contribution >= 0.6 is 0 Å². The van der Waals surface area contributed by atoms with Gasteiger partial charge in [-0.25, -0.2) is 0 Å². The number of nitrogens with two attached hydrogens (primary N) is 1. The number of rotatable bonds is 42. The summed E-state index contributed by atoms with van der Waals surface area (Å²) in [4.78, 5) is 10.6. The van der Waals surface area contributed by atoms with Crippen molar-refractivity contribution in [2.45, 2.75) is 219 Å². The van der Waals surface area contributed by atoms with E-state index in [9.17, 15) is 4.79 Å². The molecule has 0 aliphatic rings. The lowest BCUT2D eigenvalue weighted by molar-refractivity contribution is -0.117. The second-order valence-electron chi connectivity index (χ2n) is 14.5. The zero-order chi connectivity index (χ0) is 33.3. The molecule has 5 N–H and O–H groups in total. The number of nitrogens with one attached hydrogen (secondary N) is 3. The van der Waals surface area contributed by atoms with Crippen molar-refractivity contribution >= 4 is 5.91 Å². The first-order valence-corrected chi connectivity index (χ1v) is 21.2. The van der Waals surface area contributed by atoms with Crippen LogP contribution in [0.5, 0.6) is 0 Å². The fourth-order valence-corrected chi connectivity index (χ4v) is 6.59. The van der Waals surface area contributed by atoms with Crippen molar-refractivity contribution < 1.29 is 4.79 Å². The van der Waals surface area contributed by atoms with Crippen LogP contribution in [0.2, 0.25) is 0 Å². The molecule has 46 heavy (non-hydrogen) atoms. The van der Waals surface area contributed by atoms with Crippen molar-refractivity contribution in [1.82, 2.24) is 16.0 Å². The molecule has 5 nitrogen and oxygen atoms in total. The van der Waals surface area contributed by atoms with Gasteiger partial charge in [-0.1, -0.05) is 200 Å². The minimum absolute atomic E-state index is 0.272. The quantitative estimate of drug-likeness (QED) is 0.0496. The van der Waals surface area contributed by atoms with Crippen molar-refractivity contribution in [3.8, 4) is 0 Å². The Labute approximate surface area is 289 Å². The predicted molar refractivity (Wildman–Crippen MR) is 206 cm³/mol. The topological polar surface area (TPSA) is 79.2 Å². The third-order valence-corrected chi connectivity index (χ3v) is 9.69. The SMILES string of the molecule is CCCCCCCCCCCCCCCCCCCCCCCCCCCCCCCNCCCCCCNCCNCC(N)=O. The van der Waals surface area contributed by atoms with E-state index in [1.165, 1.54) is 225 Å². The van der Waals surface area contributed by atoms with E-state index < -0.39 is 0 Å². The molecule has 0 radical (unpaired) electrons. The molecule has 0 saturated carbocycles. The Morgan fingerprint density at radius 2 is 0.543 bits per heavy atom. The Kier molecular flexibility index (Phi) is 41.8. The first-order valence-electron chi connectivity index (χ1n) is 21.2. The fourth-order valence-electron chi connectivity index (χ4n) is 6.59. The molecule has 1 amide bonds. The normalized spacial score (nSPS) is 11.5. The number of unbranched alkanes of at least 4 members (excludes halogenated alkanes) is 31. The second-order valence-corrected chi connectivity index (χ2v) is 14.5. The summed E-state index contributed by atoms with van der Waals surface area (Å²) in [6.07, 6.45) is 47.5. The van der Waals surface area contributed by atoms with Gasteiger partial charge in [0, 0.05) is 13.1 Å². The zero-order valence-corrected chi connectivity index (χ0v) is 31.6. The van der Waals surface area contributed by atoms with Crippen LogP contribution in [0, 0.1) is 0 Å². The third-order valence-electron chi connectivity index (χ3n) is 9.69. The Bertz CT molecular complexity index is 559. The molecule has 0 rings (SSSR count). The monoisotopic (exact) mass is 651 g/mol. The van der Waals surface area contributed by atoms with Crippen molar-refractivity contribution in [2.75, 3.05) is 39.3 Å². The summed E-state index contributed by atoms with van der Waals surface area (Å²) in [7, 11) is 0. The van der Waals surface area contributed by atoms with Crippen LogP contribution < -0.4 is 21.7 Å². The standard InChI is InChI=1S/C41H86N4O/c1-2-3-4-5-6-7-8-9-10-11-12-13-14-15-16-17-18-19-20-21-22-23-24-25-26-27-28-29-32-35-43-36-33-30-31-34-37-44-38-39-45-40-41(42)46/h43-45H,2-40H2,1H3,(H2,42,46). The van der Waals surface area contributed by atoms with Gasteiger partial charge in [-0.15, -0.1) is 0 Å². The van der Waals surface area contributed by atoms with Crippen LogP contribution in [0.3, 0.4) is 0 Å². The van der Waals surface area contributed by atoms with Crippen molar-refractivity contribution in [3.05, 3.63) is 0 Å². The molecular formula is C41H86N4O. The van der Waals surface area contributed by atoms with Gasteiger partial charge >= 0.3 is 0 Å². The van der Waals surface area contributed by atoms with Crippen LogP contribution in [0.25, 0.3) is 0 Å². The number of primary amides is 1. The highest BCUT2D eigenvalue weighted by molar-refractivity contribution is 5.75. The van der Waals surface area contributed by atoms with E-state index in [1.54, 1.807) is 0 Å². The highest BCUT2D eigenvalue weighted by Crippen LogP contribution is 2.16. The van der Waals surface area contributed by atoms with Gasteiger partial charge < -0.3 is 21.7 Å². The van der Waals surface area contributed by atoms with Crippen LogP contribution in [-0.2, 0) is 4.79 Å². The summed E-state index contributed by atoms with van der Waals surface area (Å²) in [5.74, 6) is -0.291. The van der Waals surface area contributed by atoms with Crippen molar-refractivity contribution in [3.63, 3.8) is 0 Å². The smallest absolute Gasteiger partial charge is 0.231 e. The maximum atomic E-state index is 10.6. The largest absolute Gasteiger partial charge is 0.369 e. The summed E-state index contributed by atoms with van der Waals surface area (Å²) >= 11 is 0. The Hall–Kier alpha value is -0.650. The van der Waals surface area contributed by atoms with E-state index in [4.69, 9.17) is 5.73 Å². The van der Waals surface area contributed by atoms with Gasteiger partial charge in [0.25, 0.3) is 0 Å². The lowest BCUT2D eigenvalue weighted by atomic mass is 10.0. The third kappa shape index (κ3) is 43.4. The maximum Gasteiger partial charge on any atom is 0.231 e. The second kappa shape index (κ2) is 42.4. The van der Waals surface area contributed by atoms with Gasteiger partial charge in [-0.2, -0.15) is 0 Å². The average molecular weight is 651 g/mol. The van der Waals surface area contributed by atoms with Gasteiger partial charge in [0.1, 0.15) is 0 Å². The van der Waals surface area contributed by atoms with Crippen LogP contribution in [-0.4, -0.2) is 45.2 Å². The zero-order valence-electron chi connectivity index (χ0n) is 31.6. The van der Waals surface area contributed by atoms with Crippen LogP contribution in [0.1, 0.15) is 219 Å². The van der Waals surface area contributed by atoms with Gasteiger partial charge in [-0.3, -0.25) is 4.79 Å². The average Bonchev–Trinajstić information content (AvgIpc) is 3.05. The molecule has 276 valence electrons. The van der Waals surface area contributed by atoms with Crippen LogP contribution in [0.4, 0.5) is 0 Å². The molecule has 0 fully saturated rings. The summed E-state index contributed by atoms with van der Waals surface area (Å²) in [6, 6.07) is 0. The highest BCUT2D eigenvalue weighted by Gasteiger charge is 1.98. The van der Waals surface area contributed by atoms with E-state index in [-0.39, 0.29) is 12.5 Å². The van der Waals surface area contributed by atoms with E-state index in [0.717, 1.165) is 19.6 Å². The first-order chi connectivity index (χ1) is 22.8. The molecule has 0 saturated heterocycles. The summed E-state index contributed by atoms with van der Waals surface area (Å²) in [5, 5.41) is 10.1. The predicted octanol–water partition coefficient (Wildman–Crippen LogP) is 11.1. The lowest BCUT2D eigenvalue weighted by Crippen LogP contribution is -2.34. The summed E-state index contributed by atoms with van der Waals surface area (Å²) < 4.78 is 0. The number of hydrogen-bond donors (Lipinski definition) is 4. The fraction of sp³-hybridized carbons (Fsp3) is 0.976. The Morgan fingerprint density at radius 3 is 0.804 bits per heavy atom. The van der Waals surface area contributed by atoms with Crippen molar-refractivity contribution in [1.29, 1.82) is 0 Å². The van der Waals surface area contributed by atoms with E-state index in [2.05, 4.69) is 22.9 Å². The number of carbonyl (C=O) groups is 1. The lowest BCUT2D eigenvalue weighted by Gasteiger charge is -2.07. The van der Waals surface area contributed by atoms with E-state index >= 15 is 0 Å². The molecule has 0 atom stereocenters. The minimum Gasteiger partial charge on any atom is -0.369 e. The molecule has 0 aromatic heterocycles. The maximum absolute atomic E-state index is 10.6. The minimum atomic E-state index is -0.291. The molecule has 0 aromatic rings. The van der Waals surface area contributed by atoms with Crippen molar-refractivity contribution in [2.24, 2.45) is 5.73 Å². The number of amides is 1. The molecule has 0 aromatic carbocycles. The first kappa shape index (κ1) is 45.3. The number of hydrogen-bond acceptors (Lipinski definition) is 4. The molecule has 0 aliphatic carbocycles. The molecule has 0 spiro atoms. The van der Waals surface area contributed by atoms with Gasteiger partial charge in [0.05, 0.1) is 6.54 Å². The molecule has 0 bridgehead atoms. The molecule has 0 heterocycles. The molecule has 0 aliphatic heterocycles. The molecular weight excluding hydrogens is 564 g/mol. The summed E-state index contributed by atoms with van der Waals surface area (Å²) in [5.41, 5.74) is 5.09. The van der Waals surface area contributed by atoms with Crippen LogP contribution in [0.15, 0.2) is 0 Å². The summed E-state index contributed by atoms with van der Waals surface area (Å²) in [6.45, 7) is 7.70. The number of carbonyl (C=O) groups excluding carboxylic acids is 1. The van der Waals surface area contributed by atoms with E-state index in [0.29, 0.717) is 0 Å². The van der Waals surface area contributed by atoms with Gasteiger partial charge in [0.2, 0.25) is 5.91 Å². The van der Waals surface area contributed by atoms with Gasteiger partial charge in [0.15, 0.2) is 0 Å². The van der Waals surface area contributed by atoms with Gasteiger partial charge in [-0.05, 0) is 38.9 Å². The Balaban J connectivity index is 3.04. The molecule has 5 heteroatoms.